The smallest absolute Gasteiger partial charge is 0.345 e. The van der Waals surface area contributed by atoms with Gasteiger partial charge in [-0.25, -0.2) is 24.2 Å². The lowest BCUT2D eigenvalue weighted by atomic mass is 10.0. The van der Waals surface area contributed by atoms with Crippen molar-refractivity contribution in [3.05, 3.63) is 135 Å². The van der Waals surface area contributed by atoms with Crippen LogP contribution in [0, 0.1) is 0 Å². The molecule has 0 atom stereocenters. The predicted octanol–water partition coefficient (Wildman–Crippen LogP) is 8.08. The third kappa shape index (κ3) is 4.87. The zero-order chi connectivity index (χ0) is 32.2. The van der Waals surface area contributed by atoms with Crippen molar-refractivity contribution < 1.29 is 8.83 Å². The van der Waals surface area contributed by atoms with E-state index in [2.05, 4.69) is 15.5 Å². The zero-order valence-corrected chi connectivity index (χ0v) is 26.3. The van der Waals surface area contributed by atoms with Gasteiger partial charge in [-0.05, 0) is 47.2 Å². The van der Waals surface area contributed by atoms with Crippen LogP contribution in [0.4, 0.5) is 5.13 Å². The minimum Gasteiger partial charge on any atom is -0.422 e. The maximum Gasteiger partial charge on any atom is 0.345 e. The van der Waals surface area contributed by atoms with Crippen molar-refractivity contribution >= 4 is 76.9 Å². The normalized spacial score (nSPS) is 11.8. The van der Waals surface area contributed by atoms with Gasteiger partial charge in [0.05, 0.1) is 33.3 Å². The number of thiazole rings is 2. The first-order valence-electron chi connectivity index (χ1n) is 14.8. The first kappa shape index (κ1) is 28.0. The number of hydrogen-bond donors (Lipinski definition) is 1. The molecule has 10 nitrogen and oxygen atoms in total. The summed E-state index contributed by atoms with van der Waals surface area (Å²) in [6, 6.07) is 30.4. The van der Waals surface area contributed by atoms with E-state index < -0.39 is 11.3 Å². The molecule has 48 heavy (non-hydrogen) atoms. The molecule has 0 fully saturated rings. The Morgan fingerprint density at radius 3 is 2.48 bits per heavy atom. The molecule has 0 aliphatic heterocycles. The largest absolute Gasteiger partial charge is 0.422 e. The summed E-state index contributed by atoms with van der Waals surface area (Å²) in [5.41, 5.74) is 5.89. The lowest BCUT2D eigenvalue weighted by Gasteiger charge is -2.04. The van der Waals surface area contributed by atoms with E-state index in [-0.39, 0.29) is 0 Å². The molecule has 0 unspecified atom stereocenters. The second-order valence-corrected chi connectivity index (χ2v) is 12.7. The van der Waals surface area contributed by atoms with Crippen molar-refractivity contribution in [1.29, 1.82) is 0 Å². The number of rotatable bonds is 6. The third-order valence-corrected chi connectivity index (χ3v) is 9.68. The highest BCUT2D eigenvalue weighted by atomic mass is 32.1. The van der Waals surface area contributed by atoms with Crippen molar-refractivity contribution in [2.45, 2.75) is 0 Å². The maximum absolute atomic E-state index is 13.2. The molecule has 0 aliphatic rings. The average molecular weight is 665 g/mol. The van der Waals surface area contributed by atoms with E-state index in [1.807, 2.05) is 78.9 Å². The second kappa shape index (κ2) is 11.2. The molecule has 12 heteroatoms. The lowest BCUT2D eigenvalue weighted by molar-refractivity contribution is 0.563. The van der Waals surface area contributed by atoms with Crippen LogP contribution in [0.5, 0.6) is 0 Å². The highest BCUT2D eigenvalue weighted by Gasteiger charge is 2.19. The summed E-state index contributed by atoms with van der Waals surface area (Å²) in [6.07, 6.45) is 3.34. The Morgan fingerprint density at radius 1 is 0.771 bits per heavy atom. The van der Waals surface area contributed by atoms with E-state index >= 15 is 0 Å². The number of nitrogens with one attached hydrogen (secondary N) is 1. The van der Waals surface area contributed by atoms with Crippen LogP contribution in [0.25, 0.3) is 70.6 Å². The Kier molecular flexibility index (Phi) is 6.55. The summed E-state index contributed by atoms with van der Waals surface area (Å²) >= 11 is 2.78. The van der Waals surface area contributed by atoms with Gasteiger partial charge in [0.15, 0.2) is 0 Å². The lowest BCUT2D eigenvalue weighted by Crippen LogP contribution is -2.05. The summed E-state index contributed by atoms with van der Waals surface area (Å²) in [6.45, 7) is 0. The van der Waals surface area contributed by atoms with E-state index in [9.17, 15) is 9.59 Å². The SMILES string of the molecule is O=c1oc2ccc3ccccc3c2cc1-c1csc(N/N=C/c2cn(-c3nc4ccccc4s3)nc2-c2cc3ccccc3oc2=O)n1. The van der Waals surface area contributed by atoms with Crippen molar-refractivity contribution in [2.75, 3.05) is 5.43 Å². The minimum atomic E-state index is -0.516. The topological polar surface area (TPSA) is 128 Å². The molecule has 9 aromatic rings. The summed E-state index contributed by atoms with van der Waals surface area (Å²) in [5, 5.41) is 15.7. The molecular formula is C36H20N6O4S2. The summed E-state index contributed by atoms with van der Waals surface area (Å²) < 4.78 is 13.9. The quantitative estimate of drug-likeness (QED) is 0.0818. The molecule has 0 spiro atoms. The first-order chi connectivity index (χ1) is 23.6. The van der Waals surface area contributed by atoms with Crippen LogP contribution < -0.4 is 16.7 Å². The Hall–Kier alpha value is -6.24. The van der Waals surface area contributed by atoms with Gasteiger partial charge in [-0.1, -0.05) is 72.0 Å². The highest BCUT2D eigenvalue weighted by Crippen LogP contribution is 2.31. The zero-order valence-electron chi connectivity index (χ0n) is 24.7. The number of aromatic nitrogens is 4. The van der Waals surface area contributed by atoms with Crippen LogP contribution in [0.1, 0.15) is 5.56 Å². The minimum absolute atomic E-state index is 0.294. The van der Waals surface area contributed by atoms with E-state index in [1.165, 1.54) is 22.7 Å². The van der Waals surface area contributed by atoms with Gasteiger partial charge in [-0.15, -0.1) is 11.3 Å². The van der Waals surface area contributed by atoms with Crippen molar-refractivity contribution in [1.82, 2.24) is 19.7 Å². The third-order valence-electron chi connectivity index (χ3n) is 7.90. The van der Waals surface area contributed by atoms with E-state index in [1.54, 1.807) is 40.7 Å². The summed E-state index contributed by atoms with van der Waals surface area (Å²) in [5.74, 6) is 0. The number of nitrogens with zero attached hydrogens (tertiary/aromatic N) is 5. The Bertz CT molecular complexity index is 2810. The molecule has 9 rings (SSSR count). The fraction of sp³-hybridized carbons (Fsp3) is 0. The standard InChI is InChI=1S/C36H20N6O4S2/c43-33-25(16-24-23-9-3-1-7-20(23)13-14-30(24)46-33)28-19-47-35(38-28)40-37-17-22-18-42(36-39-27-10-4-6-12-31(27)48-36)41-32(22)26-15-21-8-2-5-11-29(21)45-34(26)44/h1-19H,(H,38,40)/b37-17+. The van der Waals surface area contributed by atoms with E-state index in [4.69, 9.17) is 18.9 Å². The number of para-hydroxylation sites is 2. The average Bonchev–Trinajstić information content (AvgIpc) is 3.86. The van der Waals surface area contributed by atoms with Gasteiger partial charge in [0.25, 0.3) is 0 Å². The molecule has 230 valence electrons. The molecule has 1 N–H and O–H groups in total. The van der Waals surface area contributed by atoms with Crippen LogP contribution in [-0.4, -0.2) is 26.0 Å². The van der Waals surface area contributed by atoms with Crippen LogP contribution in [-0.2, 0) is 0 Å². The van der Waals surface area contributed by atoms with Crippen LogP contribution in [0.15, 0.2) is 132 Å². The number of fused-ring (bicyclic) bond motifs is 5. The monoisotopic (exact) mass is 664 g/mol. The maximum atomic E-state index is 13.2. The number of benzene rings is 4. The van der Waals surface area contributed by atoms with E-state index in [0.717, 1.165) is 31.8 Å². The molecule has 0 aliphatic carbocycles. The van der Waals surface area contributed by atoms with Crippen LogP contribution in [0.2, 0.25) is 0 Å². The van der Waals surface area contributed by atoms with Crippen molar-refractivity contribution in [3.63, 3.8) is 0 Å². The summed E-state index contributed by atoms with van der Waals surface area (Å²) in [4.78, 5) is 35.4. The number of hydrogen-bond acceptors (Lipinski definition) is 11. The fourth-order valence-electron chi connectivity index (χ4n) is 5.63. The fourth-order valence-corrected chi connectivity index (χ4v) is 7.18. The molecule has 5 aromatic heterocycles. The predicted molar refractivity (Wildman–Crippen MR) is 191 cm³/mol. The number of hydrazone groups is 1. The van der Waals surface area contributed by atoms with Gasteiger partial charge in [0, 0.05) is 27.9 Å². The van der Waals surface area contributed by atoms with Gasteiger partial charge >= 0.3 is 11.3 Å². The van der Waals surface area contributed by atoms with Crippen LogP contribution in [0.3, 0.4) is 0 Å². The number of anilines is 1. The van der Waals surface area contributed by atoms with Gasteiger partial charge in [0.2, 0.25) is 10.3 Å². The van der Waals surface area contributed by atoms with Crippen LogP contribution >= 0.6 is 22.7 Å². The first-order valence-corrected chi connectivity index (χ1v) is 16.5. The van der Waals surface area contributed by atoms with Gasteiger partial charge in [-0.3, -0.25) is 5.43 Å². The Morgan fingerprint density at radius 2 is 1.56 bits per heavy atom. The molecule has 0 bridgehead atoms. The molecule has 0 radical (unpaired) electrons. The molecule has 0 saturated heterocycles. The summed E-state index contributed by atoms with van der Waals surface area (Å²) in [7, 11) is 0. The van der Waals surface area contributed by atoms with Gasteiger partial charge in [-0.2, -0.15) is 10.2 Å². The second-order valence-electron chi connectivity index (χ2n) is 10.9. The van der Waals surface area contributed by atoms with Gasteiger partial charge < -0.3 is 8.83 Å². The molecular weight excluding hydrogens is 645 g/mol. The Balaban J connectivity index is 1.07. The molecule has 4 aromatic carbocycles. The van der Waals surface area contributed by atoms with Gasteiger partial charge in [0.1, 0.15) is 16.9 Å². The Labute approximate surface area is 277 Å². The molecule has 0 saturated carbocycles. The van der Waals surface area contributed by atoms with E-state index in [0.29, 0.717) is 49.5 Å². The highest BCUT2D eigenvalue weighted by molar-refractivity contribution is 7.20. The van der Waals surface area contributed by atoms with Crippen molar-refractivity contribution in [2.24, 2.45) is 5.10 Å². The molecule has 0 amide bonds. The van der Waals surface area contributed by atoms with Crippen molar-refractivity contribution in [3.8, 4) is 27.6 Å². The molecule has 5 heterocycles.